The van der Waals surface area contributed by atoms with Gasteiger partial charge in [-0.25, -0.2) is 4.39 Å². The van der Waals surface area contributed by atoms with E-state index in [1.807, 2.05) is 0 Å². The SMILES string of the molecule is Cn1c(=O)c(-c2nc(-c3cccc(F)c3)no2)c(O)c2ccccc21. The minimum atomic E-state index is -0.467. The molecule has 2 aromatic heterocycles. The number of aromatic hydroxyl groups is 1. The Morgan fingerprint density at radius 1 is 1.16 bits per heavy atom. The maximum absolute atomic E-state index is 13.4. The molecule has 4 aromatic rings. The standard InChI is InChI=1S/C18H12FN3O3/c1-22-13-8-3-2-7-12(13)15(23)14(18(22)24)17-20-16(21-25-17)10-5-4-6-11(19)9-10/h2-9,23H,1H3. The molecule has 4 rings (SSSR count). The van der Waals surface area contributed by atoms with Crippen molar-refractivity contribution < 1.29 is 14.0 Å². The molecule has 0 bridgehead atoms. The maximum atomic E-state index is 13.4. The summed E-state index contributed by atoms with van der Waals surface area (Å²) in [6.07, 6.45) is 0. The number of hydrogen-bond donors (Lipinski definition) is 1. The van der Waals surface area contributed by atoms with Crippen LogP contribution in [0.4, 0.5) is 4.39 Å². The van der Waals surface area contributed by atoms with E-state index in [2.05, 4.69) is 10.1 Å². The van der Waals surface area contributed by atoms with Crippen molar-refractivity contribution >= 4 is 10.9 Å². The first-order valence-corrected chi connectivity index (χ1v) is 7.47. The average molecular weight is 337 g/mol. The van der Waals surface area contributed by atoms with E-state index in [0.717, 1.165) is 0 Å². The van der Waals surface area contributed by atoms with Crippen LogP contribution < -0.4 is 5.56 Å². The molecule has 0 amide bonds. The predicted molar refractivity (Wildman–Crippen MR) is 89.5 cm³/mol. The minimum absolute atomic E-state index is 0.0867. The third-order valence-electron chi connectivity index (χ3n) is 4.00. The molecule has 0 aliphatic rings. The van der Waals surface area contributed by atoms with Gasteiger partial charge in [0.15, 0.2) is 0 Å². The van der Waals surface area contributed by atoms with Crippen molar-refractivity contribution in [2.45, 2.75) is 0 Å². The second-order valence-electron chi connectivity index (χ2n) is 5.54. The fourth-order valence-corrected chi connectivity index (χ4v) is 2.74. The monoisotopic (exact) mass is 337 g/mol. The predicted octanol–water partition coefficient (Wildman–Crippen LogP) is 3.10. The molecule has 0 spiro atoms. The maximum Gasteiger partial charge on any atom is 0.267 e. The Morgan fingerprint density at radius 2 is 1.96 bits per heavy atom. The van der Waals surface area contributed by atoms with E-state index in [-0.39, 0.29) is 23.0 Å². The summed E-state index contributed by atoms with van der Waals surface area (Å²) in [5, 5.41) is 14.8. The molecule has 124 valence electrons. The molecule has 2 aromatic carbocycles. The molecule has 25 heavy (non-hydrogen) atoms. The molecule has 0 aliphatic heterocycles. The van der Waals surface area contributed by atoms with Crippen LogP contribution in [0.15, 0.2) is 57.8 Å². The highest BCUT2D eigenvalue weighted by Crippen LogP contribution is 2.32. The van der Waals surface area contributed by atoms with E-state index in [0.29, 0.717) is 16.5 Å². The van der Waals surface area contributed by atoms with Crippen molar-refractivity contribution in [3.8, 4) is 28.6 Å². The van der Waals surface area contributed by atoms with Crippen LogP contribution in [0, 0.1) is 5.82 Å². The van der Waals surface area contributed by atoms with Crippen molar-refractivity contribution in [1.82, 2.24) is 14.7 Å². The molecule has 7 heteroatoms. The molecular weight excluding hydrogens is 325 g/mol. The summed E-state index contributed by atoms with van der Waals surface area (Å²) in [6, 6.07) is 12.6. The van der Waals surface area contributed by atoms with Gasteiger partial charge in [-0.15, -0.1) is 0 Å². The van der Waals surface area contributed by atoms with Crippen molar-refractivity contribution in [3.63, 3.8) is 0 Å². The third kappa shape index (κ3) is 2.37. The van der Waals surface area contributed by atoms with Crippen molar-refractivity contribution in [3.05, 3.63) is 64.7 Å². The van der Waals surface area contributed by atoms with E-state index in [1.54, 1.807) is 37.4 Å². The number of para-hydroxylation sites is 1. The Morgan fingerprint density at radius 3 is 2.76 bits per heavy atom. The molecular formula is C18H12FN3O3. The van der Waals surface area contributed by atoms with Gasteiger partial charge in [-0.1, -0.05) is 29.4 Å². The zero-order chi connectivity index (χ0) is 17.6. The number of halogens is 1. The lowest BCUT2D eigenvalue weighted by molar-refractivity contribution is 0.425. The van der Waals surface area contributed by atoms with Gasteiger partial charge in [0.1, 0.15) is 17.1 Å². The second-order valence-corrected chi connectivity index (χ2v) is 5.54. The Hall–Kier alpha value is -3.48. The first-order valence-electron chi connectivity index (χ1n) is 7.47. The molecule has 0 saturated heterocycles. The lowest BCUT2D eigenvalue weighted by atomic mass is 10.1. The molecule has 0 unspecified atom stereocenters. The van der Waals surface area contributed by atoms with Gasteiger partial charge in [-0.3, -0.25) is 4.79 Å². The Kier molecular flexibility index (Phi) is 3.35. The molecule has 0 atom stereocenters. The van der Waals surface area contributed by atoms with E-state index >= 15 is 0 Å². The molecule has 1 N–H and O–H groups in total. The van der Waals surface area contributed by atoms with Crippen LogP contribution in [-0.4, -0.2) is 19.8 Å². The number of pyridine rings is 1. The Bertz CT molecular complexity index is 1160. The van der Waals surface area contributed by atoms with Crippen molar-refractivity contribution in [1.29, 1.82) is 0 Å². The van der Waals surface area contributed by atoms with E-state index in [1.165, 1.54) is 22.8 Å². The number of hydrogen-bond acceptors (Lipinski definition) is 5. The molecule has 0 aliphatic carbocycles. The third-order valence-corrected chi connectivity index (χ3v) is 4.00. The highest BCUT2D eigenvalue weighted by Gasteiger charge is 2.22. The van der Waals surface area contributed by atoms with Gasteiger partial charge in [0.25, 0.3) is 11.4 Å². The summed E-state index contributed by atoms with van der Waals surface area (Å²) in [7, 11) is 1.59. The lowest BCUT2D eigenvalue weighted by Gasteiger charge is -2.09. The van der Waals surface area contributed by atoms with Crippen LogP contribution in [0.5, 0.6) is 5.75 Å². The summed E-state index contributed by atoms with van der Waals surface area (Å²) in [5.41, 5.74) is 0.438. The first-order chi connectivity index (χ1) is 12.1. The number of fused-ring (bicyclic) bond motifs is 1. The summed E-state index contributed by atoms with van der Waals surface area (Å²) < 4.78 is 19.9. The smallest absolute Gasteiger partial charge is 0.267 e. The highest BCUT2D eigenvalue weighted by atomic mass is 19.1. The topological polar surface area (TPSA) is 81.2 Å². The highest BCUT2D eigenvalue weighted by molar-refractivity contribution is 5.90. The van der Waals surface area contributed by atoms with Crippen LogP contribution in [0.25, 0.3) is 33.7 Å². The first kappa shape index (κ1) is 15.1. The van der Waals surface area contributed by atoms with Gasteiger partial charge >= 0.3 is 0 Å². The summed E-state index contributed by atoms with van der Waals surface area (Å²) in [5.74, 6) is -0.659. The lowest BCUT2D eigenvalue weighted by Crippen LogP contribution is -2.19. The normalized spacial score (nSPS) is 11.1. The van der Waals surface area contributed by atoms with Crippen LogP contribution >= 0.6 is 0 Å². The number of benzene rings is 2. The van der Waals surface area contributed by atoms with Crippen molar-refractivity contribution in [2.75, 3.05) is 0 Å². The zero-order valence-corrected chi connectivity index (χ0v) is 13.1. The summed E-state index contributed by atoms with van der Waals surface area (Å²) in [6.45, 7) is 0. The quantitative estimate of drug-likeness (QED) is 0.608. The van der Waals surface area contributed by atoms with E-state index in [4.69, 9.17) is 4.52 Å². The van der Waals surface area contributed by atoms with Gasteiger partial charge in [-0.05, 0) is 24.3 Å². The average Bonchev–Trinajstić information content (AvgIpc) is 3.10. The fourth-order valence-electron chi connectivity index (χ4n) is 2.74. The number of aromatic nitrogens is 3. The summed E-state index contributed by atoms with van der Waals surface area (Å²) in [4.78, 5) is 16.8. The number of aryl methyl sites for hydroxylation is 1. The molecule has 2 heterocycles. The van der Waals surface area contributed by atoms with Crippen LogP contribution in [-0.2, 0) is 7.05 Å². The van der Waals surface area contributed by atoms with Gasteiger partial charge in [0.2, 0.25) is 5.82 Å². The minimum Gasteiger partial charge on any atom is -0.506 e. The van der Waals surface area contributed by atoms with Crippen LogP contribution in [0.1, 0.15) is 0 Å². The zero-order valence-electron chi connectivity index (χ0n) is 13.1. The van der Waals surface area contributed by atoms with Gasteiger partial charge < -0.3 is 14.2 Å². The Labute approximate surface area is 140 Å². The van der Waals surface area contributed by atoms with E-state index in [9.17, 15) is 14.3 Å². The van der Waals surface area contributed by atoms with Gasteiger partial charge in [0, 0.05) is 18.0 Å². The molecule has 0 saturated carbocycles. The summed E-state index contributed by atoms with van der Waals surface area (Å²) >= 11 is 0. The molecule has 0 radical (unpaired) electrons. The second kappa shape index (κ2) is 5.55. The fraction of sp³-hybridized carbons (Fsp3) is 0.0556. The van der Waals surface area contributed by atoms with Crippen molar-refractivity contribution in [2.24, 2.45) is 7.05 Å². The number of rotatable bonds is 2. The molecule has 6 nitrogen and oxygen atoms in total. The number of nitrogens with zero attached hydrogens (tertiary/aromatic N) is 3. The van der Waals surface area contributed by atoms with E-state index < -0.39 is 11.4 Å². The van der Waals surface area contributed by atoms with Gasteiger partial charge in [0.05, 0.1) is 5.52 Å². The largest absolute Gasteiger partial charge is 0.506 e. The van der Waals surface area contributed by atoms with Gasteiger partial charge in [-0.2, -0.15) is 4.98 Å². The Balaban J connectivity index is 1.93. The van der Waals surface area contributed by atoms with Crippen LogP contribution in [0.2, 0.25) is 0 Å². The van der Waals surface area contributed by atoms with Crippen LogP contribution in [0.3, 0.4) is 0 Å². The molecule has 0 fully saturated rings.